The van der Waals surface area contributed by atoms with Crippen molar-refractivity contribution in [3.05, 3.63) is 35.1 Å². The van der Waals surface area contributed by atoms with E-state index in [4.69, 9.17) is 0 Å². The van der Waals surface area contributed by atoms with Gasteiger partial charge in [-0.15, -0.1) is 0 Å². The number of hydrogen-bond donors (Lipinski definition) is 2. The van der Waals surface area contributed by atoms with Gasteiger partial charge >= 0.3 is 6.18 Å². The highest BCUT2D eigenvalue weighted by Crippen LogP contribution is 2.17. The van der Waals surface area contributed by atoms with Crippen LogP contribution in [-0.2, 0) is 17.0 Å². The van der Waals surface area contributed by atoms with Crippen molar-refractivity contribution in [2.75, 3.05) is 32.6 Å². The summed E-state index contributed by atoms with van der Waals surface area (Å²) in [7, 11) is 0. The molecule has 148 valence electrons. The van der Waals surface area contributed by atoms with Gasteiger partial charge in [-0.1, -0.05) is 6.07 Å². The molecule has 1 rings (SSSR count). The van der Waals surface area contributed by atoms with Crippen LogP contribution >= 0.6 is 11.8 Å². The highest BCUT2D eigenvalue weighted by molar-refractivity contribution is 7.97. The standard InChI is InChI=1S/C17H25F4N3OS/c1-3-22-16(23-7-4-8-25-12-17(19,20)21)24-10-13-5-6-15(18)9-14(13)11-26-2/h5-6,9H,3-4,7-8,10-12H2,1-2H3,(H2,22,23,24). The number of alkyl halides is 3. The van der Waals surface area contributed by atoms with Crippen LogP contribution in [0, 0.1) is 5.82 Å². The smallest absolute Gasteiger partial charge is 0.372 e. The average Bonchev–Trinajstić information content (AvgIpc) is 2.56. The Balaban J connectivity index is 2.51. The summed E-state index contributed by atoms with van der Waals surface area (Å²) in [5.74, 6) is 0.983. The summed E-state index contributed by atoms with van der Waals surface area (Å²) in [5, 5.41) is 6.12. The summed E-state index contributed by atoms with van der Waals surface area (Å²) in [6, 6.07) is 4.64. The van der Waals surface area contributed by atoms with E-state index in [1.807, 2.05) is 13.2 Å². The average molecular weight is 395 g/mol. The van der Waals surface area contributed by atoms with Crippen LogP contribution in [0.4, 0.5) is 17.6 Å². The van der Waals surface area contributed by atoms with E-state index >= 15 is 0 Å². The minimum Gasteiger partial charge on any atom is -0.372 e. The van der Waals surface area contributed by atoms with Gasteiger partial charge in [0.05, 0.1) is 6.54 Å². The molecule has 0 unspecified atom stereocenters. The molecule has 0 atom stereocenters. The van der Waals surface area contributed by atoms with Crippen LogP contribution in [0.3, 0.4) is 0 Å². The number of rotatable bonds is 10. The van der Waals surface area contributed by atoms with E-state index in [-0.39, 0.29) is 12.4 Å². The van der Waals surface area contributed by atoms with Crippen molar-refractivity contribution >= 4 is 17.7 Å². The molecular weight excluding hydrogens is 370 g/mol. The van der Waals surface area contributed by atoms with Gasteiger partial charge in [0.2, 0.25) is 0 Å². The summed E-state index contributed by atoms with van der Waals surface area (Å²) in [6.45, 7) is 2.17. The molecule has 4 nitrogen and oxygen atoms in total. The third-order valence-corrected chi connectivity index (χ3v) is 3.84. The molecule has 0 spiro atoms. The molecule has 0 aliphatic rings. The highest BCUT2D eigenvalue weighted by Gasteiger charge is 2.27. The molecule has 0 aromatic heterocycles. The molecule has 2 N–H and O–H groups in total. The first-order valence-corrected chi connectivity index (χ1v) is 9.68. The minimum atomic E-state index is -4.30. The van der Waals surface area contributed by atoms with Crippen molar-refractivity contribution in [1.82, 2.24) is 10.6 Å². The van der Waals surface area contributed by atoms with E-state index in [9.17, 15) is 17.6 Å². The molecule has 1 aromatic rings. The number of thioether (sulfide) groups is 1. The first-order valence-electron chi connectivity index (χ1n) is 8.28. The summed E-state index contributed by atoms with van der Waals surface area (Å²) >= 11 is 1.60. The topological polar surface area (TPSA) is 45.7 Å². The van der Waals surface area contributed by atoms with Crippen LogP contribution in [0.1, 0.15) is 24.5 Å². The minimum absolute atomic E-state index is 0.0156. The van der Waals surface area contributed by atoms with E-state index in [1.165, 1.54) is 12.1 Å². The van der Waals surface area contributed by atoms with Crippen molar-refractivity contribution in [2.45, 2.75) is 31.8 Å². The molecule has 26 heavy (non-hydrogen) atoms. The summed E-state index contributed by atoms with van der Waals surface area (Å²) in [6.07, 6.45) is -1.92. The molecule has 0 radical (unpaired) electrons. The van der Waals surface area contributed by atoms with E-state index in [1.54, 1.807) is 17.8 Å². The van der Waals surface area contributed by atoms with Crippen LogP contribution in [-0.4, -0.2) is 44.7 Å². The lowest BCUT2D eigenvalue weighted by Crippen LogP contribution is -2.38. The number of benzene rings is 1. The molecule has 0 aliphatic carbocycles. The van der Waals surface area contributed by atoms with Crippen LogP contribution in [0.5, 0.6) is 0 Å². The van der Waals surface area contributed by atoms with Gasteiger partial charge < -0.3 is 15.4 Å². The Morgan fingerprint density at radius 1 is 1.23 bits per heavy atom. The molecular formula is C17H25F4N3OS. The van der Waals surface area contributed by atoms with Crippen molar-refractivity contribution in [2.24, 2.45) is 4.99 Å². The monoisotopic (exact) mass is 395 g/mol. The highest BCUT2D eigenvalue weighted by atomic mass is 32.2. The molecule has 0 aliphatic heterocycles. The molecule has 0 bridgehead atoms. The Morgan fingerprint density at radius 3 is 2.65 bits per heavy atom. The second-order valence-electron chi connectivity index (χ2n) is 5.49. The van der Waals surface area contributed by atoms with Crippen LogP contribution in [0.25, 0.3) is 0 Å². The Bertz CT molecular complexity index is 567. The molecule has 1 aromatic carbocycles. The number of ether oxygens (including phenoxy) is 1. The Hall–Kier alpha value is -1.48. The lowest BCUT2D eigenvalue weighted by atomic mass is 10.1. The van der Waals surface area contributed by atoms with Gasteiger partial charge in [0.1, 0.15) is 12.4 Å². The maximum absolute atomic E-state index is 13.4. The Morgan fingerprint density at radius 2 is 2.00 bits per heavy atom. The van der Waals surface area contributed by atoms with Crippen LogP contribution in [0.2, 0.25) is 0 Å². The fourth-order valence-electron chi connectivity index (χ4n) is 2.11. The van der Waals surface area contributed by atoms with Gasteiger partial charge in [0, 0.05) is 25.4 Å². The molecule has 0 amide bonds. The summed E-state index contributed by atoms with van der Waals surface area (Å²) < 4.78 is 53.9. The first kappa shape index (κ1) is 22.6. The van der Waals surface area contributed by atoms with Gasteiger partial charge in [-0.3, -0.25) is 0 Å². The van der Waals surface area contributed by atoms with Crippen LogP contribution in [0.15, 0.2) is 23.2 Å². The van der Waals surface area contributed by atoms with Gasteiger partial charge in [0.15, 0.2) is 5.96 Å². The molecule has 0 saturated carbocycles. The van der Waals surface area contributed by atoms with Crippen LogP contribution < -0.4 is 10.6 Å². The van der Waals surface area contributed by atoms with Crippen molar-refractivity contribution in [3.63, 3.8) is 0 Å². The van der Waals surface area contributed by atoms with Crippen molar-refractivity contribution in [1.29, 1.82) is 0 Å². The fourth-order valence-corrected chi connectivity index (χ4v) is 2.69. The maximum Gasteiger partial charge on any atom is 0.411 e. The van der Waals surface area contributed by atoms with E-state index in [0.717, 1.165) is 11.1 Å². The van der Waals surface area contributed by atoms with Gasteiger partial charge in [-0.2, -0.15) is 24.9 Å². The van der Waals surface area contributed by atoms with E-state index in [2.05, 4.69) is 20.4 Å². The number of halogens is 4. The molecule has 0 fully saturated rings. The number of nitrogens with zero attached hydrogens (tertiary/aromatic N) is 1. The zero-order valence-electron chi connectivity index (χ0n) is 15.0. The summed E-state index contributed by atoms with van der Waals surface area (Å²) in [4.78, 5) is 4.46. The number of guanidine groups is 1. The van der Waals surface area contributed by atoms with E-state index in [0.29, 0.717) is 37.8 Å². The summed E-state index contributed by atoms with van der Waals surface area (Å²) in [5.41, 5.74) is 1.84. The zero-order valence-corrected chi connectivity index (χ0v) is 15.8. The predicted octanol–water partition coefficient (Wildman–Crippen LogP) is 3.71. The van der Waals surface area contributed by atoms with Crippen molar-refractivity contribution in [3.8, 4) is 0 Å². The van der Waals surface area contributed by atoms with Gasteiger partial charge in [-0.25, -0.2) is 9.38 Å². The Kier molecular flexibility index (Phi) is 10.4. The van der Waals surface area contributed by atoms with Gasteiger partial charge in [-0.05, 0) is 42.9 Å². The largest absolute Gasteiger partial charge is 0.411 e. The maximum atomic E-state index is 13.4. The second kappa shape index (κ2) is 12.0. The number of aliphatic imine (C=N–C) groups is 1. The quantitative estimate of drug-likeness (QED) is 0.274. The fraction of sp³-hybridized carbons (Fsp3) is 0.588. The molecule has 0 saturated heterocycles. The zero-order chi connectivity index (χ0) is 19.4. The van der Waals surface area contributed by atoms with Crippen molar-refractivity contribution < 1.29 is 22.3 Å². The number of hydrogen-bond acceptors (Lipinski definition) is 3. The van der Waals surface area contributed by atoms with E-state index < -0.39 is 12.8 Å². The number of nitrogens with one attached hydrogen (secondary N) is 2. The SMILES string of the molecule is CCNC(=NCc1ccc(F)cc1CSC)NCCCOCC(F)(F)F. The lowest BCUT2D eigenvalue weighted by Gasteiger charge is -2.13. The van der Waals surface area contributed by atoms with Gasteiger partial charge in [0.25, 0.3) is 0 Å². The third-order valence-electron chi connectivity index (χ3n) is 3.24. The second-order valence-corrected chi connectivity index (χ2v) is 6.36. The first-order chi connectivity index (χ1) is 12.4. The third kappa shape index (κ3) is 9.86. The lowest BCUT2D eigenvalue weighted by molar-refractivity contribution is -0.173. The molecule has 9 heteroatoms. The normalized spacial score (nSPS) is 12.3. The molecule has 0 heterocycles. The Labute approximate surface area is 155 Å². The predicted molar refractivity (Wildman–Crippen MR) is 97.9 cm³/mol.